The fraction of sp³-hybridized carbons (Fsp3) is 0.458. The van der Waals surface area contributed by atoms with Gasteiger partial charge in [-0.3, -0.25) is 9.69 Å². The molecule has 3 aliphatic rings. The van der Waals surface area contributed by atoms with Crippen LogP contribution in [0.4, 0.5) is 5.69 Å². The Kier molecular flexibility index (Phi) is 4.39. The Morgan fingerprint density at radius 3 is 2.86 bits per heavy atom. The number of likely N-dealkylation sites (tertiary alicyclic amines) is 1. The summed E-state index contributed by atoms with van der Waals surface area (Å²) in [7, 11) is 2.19. The smallest absolute Gasteiger partial charge is 0.252 e. The van der Waals surface area contributed by atoms with Crippen molar-refractivity contribution < 1.29 is 4.79 Å². The SMILES string of the molecule is CN1CCCc2cc(CN3CCC4(CCc5ccccc5C(=O)N4)C3)ccc21. The van der Waals surface area contributed by atoms with E-state index in [0.717, 1.165) is 51.0 Å². The summed E-state index contributed by atoms with van der Waals surface area (Å²) in [4.78, 5) is 17.7. The Balaban J connectivity index is 1.30. The van der Waals surface area contributed by atoms with E-state index in [4.69, 9.17) is 0 Å². The van der Waals surface area contributed by atoms with Gasteiger partial charge < -0.3 is 10.2 Å². The number of nitrogens with one attached hydrogen (secondary N) is 1. The number of aryl methyl sites for hydroxylation is 2. The van der Waals surface area contributed by atoms with Gasteiger partial charge in [-0.05, 0) is 60.9 Å². The van der Waals surface area contributed by atoms with E-state index in [0.29, 0.717) is 0 Å². The zero-order valence-corrected chi connectivity index (χ0v) is 16.7. The van der Waals surface area contributed by atoms with Crippen LogP contribution in [0.25, 0.3) is 0 Å². The van der Waals surface area contributed by atoms with Crippen LogP contribution in [0.15, 0.2) is 42.5 Å². The second-order valence-corrected chi connectivity index (χ2v) is 8.84. The lowest BCUT2D eigenvalue weighted by Crippen LogP contribution is -2.49. The van der Waals surface area contributed by atoms with Gasteiger partial charge in [0.25, 0.3) is 5.91 Å². The monoisotopic (exact) mass is 375 g/mol. The Morgan fingerprint density at radius 1 is 1.04 bits per heavy atom. The van der Waals surface area contributed by atoms with Crippen LogP contribution in [0, 0.1) is 0 Å². The molecule has 146 valence electrons. The number of anilines is 1. The maximum atomic E-state index is 12.8. The molecular weight excluding hydrogens is 346 g/mol. The summed E-state index contributed by atoms with van der Waals surface area (Å²) in [5.74, 6) is 0.103. The number of carbonyl (C=O) groups excluding carboxylic acids is 1. The van der Waals surface area contributed by atoms with Crippen molar-refractivity contribution in [1.82, 2.24) is 10.2 Å². The van der Waals surface area contributed by atoms with Gasteiger partial charge in [0, 0.05) is 44.5 Å². The molecule has 0 saturated carbocycles. The molecule has 0 radical (unpaired) electrons. The molecule has 0 aromatic heterocycles. The molecule has 1 spiro atoms. The van der Waals surface area contributed by atoms with E-state index < -0.39 is 0 Å². The molecular formula is C24H29N3O. The highest BCUT2D eigenvalue weighted by Gasteiger charge is 2.41. The van der Waals surface area contributed by atoms with Crippen LogP contribution < -0.4 is 10.2 Å². The number of carbonyl (C=O) groups is 1. The van der Waals surface area contributed by atoms with Gasteiger partial charge >= 0.3 is 0 Å². The van der Waals surface area contributed by atoms with Crippen LogP contribution in [0.5, 0.6) is 0 Å². The van der Waals surface area contributed by atoms with E-state index in [1.54, 1.807) is 0 Å². The van der Waals surface area contributed by atoms with Gasteiger partial charge in [-0.1, -0.05) is 30.3 Å². The first-order valence-electron chi connectivity index (χ1n) is 10.6. The van der Waals surface area contributed by atoms with Gasteiger partial charge in [-0.15, -0.1) is 0 Å². The molecule has 1 atom stereocenters. The molecule has 2 aromatic carbocycles. The molecule has 1 fully saturated rings. The van der Waals surface area contributed by atoms with Crippen molar-refractivity contribution in [2.75, 3.05) is 31.6 Å². The van der Waals surface area contributed by atoms with Gasteiger partial charge in [0.15, 0.2) is 0 Å². The van der Waals surface area contributed by atoms with Crippen molar-refractivity contribution in [2.24, 2.45) is 0 Å². The van der Waals surface area contributed by atoms with E-state index in [2.05, 4.69) is 46.4 Å². The van der Waals surface area contributed by atoms with Crippen LogP contribution in [0.3, 0.4) is 0 Å². The molecule has 1 amide bonds. The molecule has 3 aliphatic heterocycles. The van der Waals surface area contributed by atoms with E-state index in [1.807, 2.05) is 18.2 Å². The van der Waals surface area contributed by atoms with Crippen LogP contribution in [-0.2, 0) is 19.4 Å². The lowest BCUT2D eigenvalue weighted by atomic mass is 9.91. The van der Waals surface area contributed by atoms with Crippen LogP contribution in [0.1, 0.15) is 46.3 Å². The Morgan fingerprint density at radius 2 is 1.93 bits per heavy atom. The first kappa shape index (κ1) is 17.7. The van der Waals surface area contributed by atoms with Gasteiger partial charge in [-0.25, -0.2) is 0 Å². The average Bonchev–Trinajstić information content (AvgIpc) is 3.02. The number of benzene rings is 2. The Hall–Kier alpha value is -2.33. The third-order valence-corrected chi connectivity index (χ3v) is 6.85. The number of fused-ring (bicyclic) bond motifs is 2. The summed E-state index contributed by atoms with van der Waals surface area (Å²) >= 11 is 0. The van der Waals surface area contributed by atoms with Gasteiger partial charge in [0.2, 0.25) is 0 Å². The molecule has 4 heteroatoms. The molecule has 0 aliphatic carbocycles. The minimum atomic E-state index is -0.0788. The third kappa shape index (κ3) is 3.20. The first-order valence-corrected chi connectivity index (χ1v) is 10.6. The maximum Gasteiger partial charge on any atom is 0.252 e. The summed E-state index contributed by atoms with van der Waals surface area (Å²) in [5.41, 5.74) is 6.24. The highest BCUT2D eigenvalue weighted by Crippen LogP contribution is 2.32. The summed E-state index contributed by atoms with van der Waals surface area (Å²) in [6.07, 6.45) is 5.48. The molecule has 1 saturated heterocycles. The van der Waals surface area contributed by atoms with E-state index >= 15 is 0 Å². The van der Waals surface area contributed by atoms with Crippen LogP contribution in [0.2, 0.25) is 0 Å². The fourth-order valence-corrected chi connectivity index (χ4v) is 5.30. The molecule has 4 nitrogen and oxygen atoms in total. The van der Waals surface area contributed by atoms with Gasteiger partial charge in [0.05, 0.1) is 5.54 Å². The topological polar surface area (TPSA) is 35.6 Å². The Bertz CT molecular complexity index is 908. The van der Waals surface area contributed by atoms with Crippen LogP contribution >= 0.6 is 0 Å². The Labute approximate surface area is 167 Å². The minimum Gasteiger partial charge on any atom is -0.374 e. The number of hydrogen-bond donors (Lipinski definition) is 1. The van der Waals surface area contributed by atoms with Gasteiger partial charge in [0.1, 0.15) is 0 Å². The molecule has 28 heavy (non-hydrogen) atoms. The molecule has 1 unspecified atom stereocenters. The van der Waals surface area contributed by atoms with E-state index in [1.165, 1.54) is 35.2 Å². The standard InChI is InChI=1S/C24H29N3O/c1-26-13-4-6-20-15-18(8-9-22(20)26)16-27-14-12-24(17-27)11-10-19-5-2-3-7-21(19)23(28)25-24/h2-3,5,7-9,15H,4,6,10-14,16-17H2,1H3,(H,25,28). The molecule has 3 heterocycles. The number of hydrogen-bond acceptors (Lipinski definition) is 3. The normalized spacial score (nSPS) is 24.6. The number of rotatable bonds is 2. The second-order valence-electron chi connectivity index (χ2n) is 8.84. The van der Waals surface area contributed by atoms with Gasteiger partial charge in [-0.2, -0.15) is 0 Å². The average molecular weight is 376 g/mol. The lowest BCUT2D eigenvalue weighted by molar-refractivity contribution is 0.0902. The highest BCUT2D eigenvalue weighted by atomic mass is 16.1. The van der Waals surface area contributed by atoms with E-state index in [-0.39, 0.29) is 11.4 Å². The summed E-state index contributed by atoms with van der Waals surface area (Å²) in [5, 5.41) is 3.39. The molecule has 2 aromatic rings. The maximum absolute atomic E-state index is 12.8. The van der Waals surface area contributed by atoms with Crippen molar-refractivity contribution in [3.8, 4) is 0 Å². The largest absolute Gasteiger partial charge is 0.374 e. The fourth-order valence-electron chi connectivity index (χ4n) is 5.30. The molecule has 0 bridgehead atoms. The molecule has 5 rings (SSSR count). The highest BCUT2D eigenvalue weighted by molar-refractivity contribution is 5.96. The van der Waals surface area contributed by atoms with Crippen molar-refractivity contribution in [2.45, 2.75) is 44.2 Å². The van der Waals surface area contributed by atoms with Crippen LogP contribution in [-0.4, -0.2) is 43.0 Å². The van der Waals surface area contributed by atoms with Crippen molar-refractivity contribution >= 4 is 11.6 Å². The predicted molar refractivity (Wildman–Crippen MR) is 113 cm³/mol. The zero-order valence-electron chi connectivity index (χ0n) is 16.7. The van der Waals surface area contributed by atoms with Crippen molar-refractivity contribution in [3.05, 3.63) is 64.7 Å². The lowest BCUT2D eigenvalue weighted by Gasteiger charge is -2.30. The second kappa shape index (κ2) is 6.93. The quantitative estimate of drug-likeness (QED) is 0.874. The molecule has 1 N–H and O–H groups in total. The van der Waals surface area contributed by atoms with Crippen molar-refractivity contribution in [1.29, 1.82) is 0 Å². The summed E-state index contributed by atoms with van der Waals surface area (Å²) in [6.45, 7) is 4.13. The first-order chi connectivity index (χ1) is 13.6. The van der Waals surface area contributed by atoms with E-state index in [9.17, 15) is 4.79 Å². The third-order valence-electron chi connectivity index (χ3n) is 6.85. The van der Waals surface area contributed by atoms with Crippen molar-refractivity contribution in [3.63, 3.8) is 0 Å². The summed E-state index contributed by atoms with van der Waals surface area (Å²) < 4.78 is 0. The number of nitrogens with zero attached hydrogens (tertiary/aromatic N) is 2. The number of amides is 1. The summed E-state index contributed by atoms with van der Waals surface area (Å²) in [6, 6.07) is 15.0. The predicted octanol–water partition coefficient (Wildman–Crippen LogP) is 3.39. The zero-order chi connectivity index (χ0) is 19.1. The minimum absolute atomic E-state index is 0.0788.